The van der Waals surface area contributed by atoms with Crippen molar-refractivity contribution in [3.63, 3.8) is 0 Å². The van der Waals surface area contributed by atoms with Crippen LogP contribution in [0.5, 0.6) is 5.75 Å². The number of hydrogen-bond acceptors (Lipinski definition) is 4. The summed E-state index contributed by atoms with van der Waals surface area (Å²) in [4.78, 5) is 0. The normalized spacial score (nSPS) is 10.5. The van der Waals surface area contributed by atoms with Crippen LogP contribution >= 0.6 is 0 Å². The first kappa shape index (κ1) is 13.4. The number of nitrogens with zero attached hydrogens (tertiary/aromatic N) is 1. The van der Waals surface area contributed by atoms with Crippen molar-refractivity contribution in [1.29, 1.82) is 0 Å². The molecule has 0 aliphatic rings. The average molecular weight is 258 g/mol. The first-order valence-electron chi connectivity index (χ1n) is 6.14. The molecule has 0 fully saturated rings. The molecule has 4 nitrogen and oxygen atoms in total. The maximum absolute atomic E-state index is 5.71. The molecule has 0 unspecified atom stereocenters. The second-order valence-corrected chi connectivity index (χ2v) is 4.54. The van der Waals surface area contributed by atoms with Gasteiger partial charge in [0, 0.05) is 17.7 Å². The third-order valence-electron chi connectivity index (χ3n) is 2.80. The molecule has 0 aliphatic heterocycles. The number of aromatic nitrogens is 1. The van der Waals surface area contributed by atoms with Crippen LogP contribution in [0.2, 0.25) is 0 Å². The highest BCUT2D eigenvalue weighted by Crippen LogP contribution is 2.26. The molecule has 2 aromatic rings. The SMILES string of the molecule is C=C(C)COc1ccc(-c2noc(C)c2CN)cc1. The molecule has 2 rings (SSSR count). The molecule has 1 aromatic carbocycles. The van der Waals surface area contributed by atoms with E-state index in [9.17, 15) is 0 Å². The Bertz CT molecular complexity index is 570. The maximum Gasteiger partial charge on any atom is 0.138 e. The third kappa shape index (κ3) is 3.03. The fraction of sp³-hybridized carbons (Fsp3) is 0.267. The minimum atomic E-state index is 0.415. The Morgan fingerprint density at radius 3 is 2.63 bits per heavy atom. The maximum atomic E-state index is 5.71. The van der Waals surface area contributed by atoms with Crippen LogP contribution in [0.4, 0.5) is 0 Å². The zero-order valence-electron chi connectivity index (χ0n) is 11.3. The molecule has 4 heteroatoms. The van der Waals surface area contributed by atoms with Gasteiger partial charge >= 0.3 is 0 Å². The van der Waals surface area contributed by atoms with Crippen molar-refractivity contribution in [2.24, 2.45) is 5.73 Å². The molecular weight excluding hydrogens is 240 g/mol. The number of aryl methyl sites for hydroxylation is 1. The van der Waals surface area contributed by atoms with E-state index < -0.39 is 0 Å². The van der Waals surface area contributed by atoms with Crippen LogP contribution < -0.4 is 10.5 Å². The molecule has 2 N–H and O–H groups in total. The van der Waals surface area contributed by atoms with E-state index in [0.717, 1.165) is 33.9 Å². The smallest absolute Gasteiger partial charge is 0.138 e. The van der Waals surface area contributed by atoms with E-state index >= 15 is 0 Å². The Hall–Kier alpha value is -2.07. The lowest BCUT2D eigenvalue weighted by atomic mass is 10.1. The van der Waals surface area contributed by atoms with Gasteiger partial charge in [0.1, 0.15) is 23.8 Å². The molecule has 19 heavy (non-hydrogen) atoms. The van der Waals surface area contributed by atoms with E-state index in [1.165, 1.54) is 0 Å². The predicted molar refractivity (Wildman–Crippen MR) is 74.9 cm³/mol. The highest BCUT2D eigenvalue weighted by molar-refractivity contribution is 5.64. The fourth-order valence-corrected chi connectivity index (χ4v) is 1.77. The van der Waals surface area contributed by atoms with Gasteiger partial charge in [0.25, 0.3) is 0 Å². The summed E-state index contributed by atoms with van der Waals surface area (Å²) in [6, 6.07) is 7.71. The van der Waals surface area contributed by atoms with E-state index in [-0.39, 0.29) is 0 Å². The van der Waals surface area contributed by atoms with Gasteiger partial charge in [0.15, 0.2) is 0 Å². The monoisotopic (exact) mass is 258 g/mol. The van der Waals surface area contributed by atoms with Gasteiger partial charge in [-0.1, -0.05) is 11.7 Å². The zero-order chi connectivity index (χ0) is 13.8. The van der Waals surface area contributed by atoms with Gasteiger partial charge in [-0.2, -0.15) is 0 Å². The van der Waals surface area contributed by atoms with E-state index in [2.05, 4.69) is 11.7 Å². The standard InChI is InChI=1S/C15H18N2O2/c1-10(2)9-18-13-6-4-12(5-7-13)15-14(8-16)11(3)19-17-15/h4-7H,1,8-9,16H2,2-3H3. The summed E-state index contributed by atoms with van der Waals surface area (Å²) in [7, 11) is 0. The second-order valence-electron chi connectivity index (χ2n) is 4.54. The number of hydrogen-bond donors (Lipinski definition) is 1. The predicted octanol–water partition coefficient (Wildman–Crippen LogP) is 3.06. The lowest BCUT2D eigenvalue weighted by Crippen LogP contribution is -1.99. The van der Waals surface area contributed by atoms with E-state index in [1.54, 1.807) is 0 Å². The Balaban J connectivity index is 2.20. The highest BCUT2D eigenvalue weighted by Gasteiger charge is 2.12. The number of benzene rings is 1. The minimum Gasteiger partial charge on any atom is -0.489 e. The van der Waals surface area contributed by atoms with Crippen molar-refractivity contribution >= 4 is 0 Å². The molecule has 100 valence electrons. The number of nitrogens with two attached hydrogens (primary N) is 1. The quantitative estimate of drug-likeness (QED) is 0.837. The first-order chi connectivity index (χ1) is 9.11. The van der Waals surface area contributed by atoms with Crippen LogP contribution in [0, 0.1) is 6.92 Å². The summed E-state index contributed by atoms with van der Waals surface area (Å²) in [6.07, 6.45) is 0. The van der Waals surface area contributed by atoms with Crippen molar-refractivity contribution in [2.45, 2.75) is 20.4 Å². The lowest BCUT2D eigenvalue weighted by molar-refractivity contribution is 0.353. The van der Waals surface area contributed by atoms with E-state index in [4.69, 9.17) is 15.0 Å². The van der Waals surface area contributed by atoms with Crippen LogP contribution in [0.1, 0.15) is 18.2 Å². The Labute approximate surface area is 112 Å². The molecule has 0 aliphatic carbocycles. The molecule has 1 heterocycles. The molecule has 0 atom stereocenters. The molecule has 1 aromatic heterocycles. The summed E-state index contributed by atoms with van der Waals surface area (Å²) in [6.45, 7) is 8.53. The van der Waals surface area contributed by atoms with E-state index in [0.29, 0.717) is 13.2 Å². The number of ether oxygens (including phenoxy) is 1. The average Bonchev–Trinajstić information content (AvgIpc) is 2.78. The van der Waals surface area contributed by atoms with Crippen LogP contribution in [-0.2, 0) is 6.54 Å². The summed E-state index contributed by atoms with van der Waals surface area (Å²) in [5.41, 5.74) is 9.41. The van der Waals surface area contributed by atoms with Crippen molar-refractivity contribution in [2.75, 3.05) is 6.61 Å². The van der Waals surface area contributed by atoms with Gasteiger partial charge in [0.05, 0.1) is 0 Å². The van der Waals surface area contributed by atoms with Crippen molar-refractivity contribution in [3.05, 3.63) is 47.7 Å². The molecule has 0 saturated carbocycles. The zero-order valence-corrected chi connectivity index (χ0v) is 11.3. The summed E-state index contributed by atoms with van der Waals surface area (Å²) in [5.74, 6) is 1.57. The third-order valence-corrected chi connectivity index (χ3v) is 2.80. The molecule has 0 spiro atoms. The van der Waals surface area contributed by atoms with Gasteiger partial charge in [0.2, 0.25) is 0 Å². The van der Waals surface area contributed by atoms with Crippen LogP contribution in [-0.4, -0.2) is 11.8 Å². The van der Waals surface area contributed by atoms with Crippen molar-refractivity contribution in [3.8, 4) is 17.0 Å². The van der Waals surface area contributed by atoms with Crippen molar-refractivity contribution in [1.82, 2.24) is 5.16 Å². The molecule has 0 saturated heterocycles. The van der Waals surface area contributed by atoms with Gasteiger partial charge in [-0.25, -0.2) is 0 Å². The lowest BCUT2D eigenvalue weighted by Gasteiger charge is -2.06. The molecule has 0 bridgehead atoms. The molecule has 0 radical (unpaired) electrons. The summed E-state index contributed by atoms with van der Waals surface area (Å²) < 4.78 is 10.7. The minimum absolute atomic E-state index is 0.415. The van der Waals surface area contributed by atoms with Gasteiger partial charge in [-0.3, -0.25) is 0 Å². The summed E-state index contributed by atoms with van der Waals surface area (Å²) in [5, 5.41) is 4.05. The largest absolute Gasteiger partial charge is 0.489 e. The van der Waals surface area contributed by atoms with Crippen LogP contribution in [0.15, 0.2) is 40.9 Å². The Kier molecular flexibility index (Phi) is 4.02. The molecular formula is C15H18N2O2. The fourth-order valence-electron chi connectivity index (χ4n) is 1.77. The number of rotatable bonds is 5. The van der Waals surface area contributed by atoms with Gasteiger partial charge in [-0.15, -0.1) is 0 Å². The van der Waals surface area contributed by atoms with Crippen molar-refractivity contribution < 1.29 is 9.26 Å². The van der Waals surface area contributed by atoms with Crippen LogP contribution in [0.3, 0.4) is 0 Å². The first-order valence-corrected chi connectivity index (χ1v) is 6.14. The Morgan fingerprint density at radius 2 is 2.05 bits per heavy atom. The summed E-state index contributed by atoms with van der Waals surface area (Å²) >= 11 is 0. The van der Waals surface area contributed by atoms with Crippen LogP contribution in [0.25, 0.3) is 11.3 Å². The second kappa shape index (κ2) is 5.71. The van der Waals surface area contributed by atoms with E-state index in [1.807, 2.05) is 38.1 Å². The highest BCUT2D eigenvalue weighted by atomic mass is 16.5. The topological polar surface area (TPSA) is 61.3 Å². The Morgan fingerprint density at radius 1 is 1.37 bits per heavy atom. The van der Waals surface area contributed by atoms with Gasteiger partial charge in [-0.05, 0) is 43.7 Å². The molecule has 0 amide bonds. The van der Waals surface area contributed by atoms with Gasteiger partial charge < -0.3 is 15.0 Å².